The van der Waals surface area contributed by atoms with Gasteiger partial charge in [0.05, 0.1) is 17.0 Å². The van der Waals surface area contributed by atoms with E-state index in [1.807, 2.05) is 24.3 Å². The van der Waals surface area contributed by atoms with E-state index in [4.69, 9.17) is 0 Å². The van der Waals surface area contributed by atoms with Crippen molar-refractivity contribution in [1.29, 1.82) is 0 Å². The van der Waals surface area contributed by atoms with E-state index < -0.39 is 23.0 Å². The lowest BCUT2D eigenvalue weighted by molar-refractivity contribution is -0.384. The number of carbonyl (C=O) groups is 2. The molecule has 1 fully saturated rings. The zero-order valence-corrected chi connectivity index (χ0v) is 17.2. The van der Waals surface area contributed by atoms with Crippen LogP contribution in [0.5, 0.6) is 0 Å². The minimum absolute atomic E-state index is 0.00424. The normalized spacial score (nSPS) is 22.6. The highest BCUT2D eigenvalue weighted by Gasteiger charge is 2.41. The van der Waals surface area contributed by atoms with Crippen molar-refractivity contribution in [3.05, 3.63) is 75.5 Å². The van der Waals surface area contributed by atoms with Crippen LogP contribution in [0.15, 0.2) is 48.5 Å². The number of likely N-dealkylation sites (tertiary alicyclic amines) is 1. The summed E-state index contributed by atoms with van der Waals surface area (Å²) < 4.78 is 0. The first-order chi connectivity index (χ1) is 15.4. The fraction of sp³-hybridized carbons (Fsp3) is 0.304. The topological polar surface area (TPSA) is 129 Å². The van der Waals surface area contributed by atoms with Gasteiger partial charge >= 0.3 is 5.97 Å². The number of hydrogen-bond acceptors (Lipinski definition) is 5. The Kier molecular flexibility index (Phi) is 4.90. The predicted octanol–water partition coefficient (Wildman–Crippen LogP) is 2.76. The Balaban J connectivity index is 1.55. The van der Waals surface area contributed by atoms with Gasteiger partial charge in [0.25, 0.3) is 5.69 Å². The van der Waals surface area contributed by atoms with Gasteiger partial charge in [0, 0.05) is 35.3 Å². The third kappa shape index (κ3) is 3.31. The Morgan fingerprint density at radius 3 is 2.59 bits per heavy atom. The molecule has 3 atom stereocenters. The summed E-state index contributed by atoms with van der Waals surface area (Å²) in [5.41, 5.74) is 3.66. The summed E-state index contributed by atoms with van der Waals surface area (Å²) in [5, 5.41) is 25.0. The Morgan fingerprint density at radius 1 is 1.12 bits per heavy atom. The molecule has 3 heterocycles. The van der Waals surface area contributed by atoms with E-state index in [1.54, 1.807) is 12.1 Å². The largest absolute Gasteiger partial charge is 0.480 e. The van der Waals surface area contributed by atoms with Crippen LogP contribution >= 0.6 is 0 Å². The van der Waals surface area contributed by atoms with Gasteiger partial charge in [-0.2, -0.15) is 0 Å². The average molecular weight is 434 g/mol. The number of non-ortho nitro benzene ring substituents is 1. The first-order valence-electron chi connectivity index (χ1n) is 10.6. The number of aromatic amines is 1. The summed E-state index contributed by atoms with van der Waals surface area (Å²) >= 11 is 0. The summed E-state index contributed by atoms with van der Waals surface area (Å²) in [5.74, 6) is -1.20. The van der Waals surface area contributed by atoms with Gasteiger partial charge in [0.1, 0.15) is 6.04 Å². The number of nitrogens with one attached hydrogen (secondary N) is 2. The maximum Gasteiger partial charge on any atom is 0.326 e. The number of H-pyrrole nitrogens is 1. The summed E-state index contributed by atoms with van der Waals surface area (Å²) in [6.45, 7) is 0.428. The highest BCUT2D eigenvalue weighted by molar-refractivity contribution is 5.91. The molecular formula is C23H22N4O5. The Labute approximate surface area is 183 Å². The average Bonchev–Trinajstić information content (AvgIpc) is 3.43. The summed E-state index contributed by atoms with van der Waals surface area (Å²) in [7, 11) is 0. The van der Waals surface area contributed by atoms with Crippen LogP contribution in [0.1, 0.15) is 35.7 Å². The van der Waals surface area contributed by atoms with Crippen molar-refractivity contribution >= 4 is 28.5 Å². The van der Waals surface area contributed by atoms with Gasteiger partial charge in [-0.3, -0.25) is 20.2 Å². The van der Waals surface area contributed by atoms with E-state index in [9.17, 15) is 24.8 Å². The number of carboxylic acid groups (broad SMARTS) is 1. The number of hydrogen-bond donors (Lipinski definition) is 3. The molecule has 0 aliphatic carbocycles. The molecule has 3 aromatic rings. The minimum Gasteiger partial charge on any atom is -0.480 e. The van der Waals surface area contributed by atoms with E-state index in [-0.39, 0.29) is 17.6 Å². The fourth-order valence-electron chi connectivity index (χ4n) is 4.93. The number of benzene rings is 2. The van der Waals surface area contributed by atoms with Crippen molar-refractivity contribution < 1.29 is 19.6 Å². The van der Waals surface area contributed by atoms with Crippen molar-refractivity contribution in [2.75, 3.05) is 6.54 Å². The van der Waals surface area contributed by atoms with Crippen molar-refractivity contribution in [3.63, 3.8) is 0 Å². The quantitative estimate of drug-likeness (QED) is 0.428. The van der Waals surface area contributed by atoms with E-state index >= 15 is 0 Å². The molecule has 9 nitrogen and oxygen atoms in total. The first kappa shape index (κ1) is 20.2. The van der Waals surface area contributed by atoms with Crippen LogP contribution in [-0.4, -0.2) is 50.4 Å². The molecule has 0 unspecified atom stereocenters. The zero-order valence-electron chi connectivity index (χ0n) is 17.2. The zero-order chi connectivity index (χ0) is 22.4. The molecule has 32 heavy (non-hydrogen) atoms. The van der Waals surface area contributed by atoms with Crippen molar-refractivity contribution in [2.24, 2.45) is 0 Å². The molecule has 2 aromatic carbocycles. The number of nitro benzene ring substituents is 1. The number of fused-ring (bicyclic) bond motifs is 3. The summed E-state index contributed by atoms with van der Waals surface area (Å²) in [4.78, 5) is 40.6. The predicted molar refractivity (Wildman–Crippen MR) is 116 cm³/mol. The first-order valence-corrected chi connectivity index (χ1v) is 10.6. The van der Waals surface area contributed by atoms with Gasteiger partial charge in [-0.15, -0.1) is 0 Å². The molecule has 2 aliphatic heterocycles. The van der Waals surface area contributed by atoms with Crippen LogP contribution < -0.4 is 5.32 Å². The van der Waals surface area contributed by atoms with Gasteiger partial charge in [-0.05, 0) is 36.5 Å². The molecule has 0 spiro atoms. The molecule has 9 heteroatoms. The van der Waals surface area contributed by atoms with Gasteiger partial charge in [0.15, 0.2) is 0 Å². The molecule has 1 saturated heterocycles. The number of nitrogens with zero attached hydrogens (tertiary/aromatic N) is 2. The van der Waals surface area contributed by atoms with Crippen LogP contribution in [0.4, 0.5) is 5.69 Å². The SMILES string of the molecule is O=C(O)[C@@H]1CCCN1C(=O)[C@@H]1Cc2c([nH]c3ccccc23)[C@H](c2ccc([N+](=O)[O-])cc2)N1. The standard InChI is InChI=1S/C23H22N4O5/c28-22(26-11-3-6-19(26)23(29)30)18-12-16-15-4-1-2-5-17(15)24-21(16)20(25-18)13-7-9-14(10-8-13)27(31)32/h1-2,4-5,7-10,18-20,24-25H,3,6,11-12H2,(H,29,30)/t18-,19-,20-/m0/s1. The maximum absolute atomic E-state index is 13.4. The summed E-state index contributed by atoms with van der Waals surface area (Å²) in [6.07, 6.45) is 1.56. The van der Waals surface area contributed by atoms with Crippen molar-refractivity contribution in [3.8, 4) is 0 Å². The third-order valence-corrected chi connectivity index (χ3v) is 6.47. The number of carboxylic acids is 1. The van der Waals surface area contributed by atoms with Crippen LogP contribution in [0.25, 0.3) is 10.9 Å². The number of aliphatic carboxylic acids is 1. The molecular weight excluding hydrogens is 412 g/mol. The van der Waals surface area contributed by atoms with Gasteiger partial charge in [0.2, 0.25) is 5.91 Å². The van der Waals surface area contributed by atoms with Crippen LogP contribution in [0.2, 0.25) is 0 Å². The van der Waals surface area contributed by atoms with E-state index in [0.29, 0.717) is 25.8 Å². The third-order valence-electron chi connectivity index (χ3n) is 6.47. The lowest BCUT2D eigenvalue weighted by atomic mass is 9.89. The maximum atomic E-state index is 13.4. The number of amides is 1. The lowest BCUT2D eigenvalue weighted by Crippen LogP contribution is -2.53. The minimum atomic E-state index is -0.980. The van der Waals surface area contributed by atoms with Gasteiger partial charge < -0.3 is 15.0 Å². The molecule has 1 amide bonds. The second-order valence-corrected chi connectivity index (χ2v) is 8.30. The molecule has 1 aromatic heterocycles. The van der Waals surface area contributed by atoms with E-state index in [0.717, 1.165) is 27.7 Å². The molecule has 5 rings (SSSR count). The second-order valence-electron chi connectivity index (χ2n) is 8.30. The van der Waals surface area contributed by atoms with E-state index in [1.165, 1.54) is 17.0 Å². The summed E-state index contributed by atoms with van der Waals surface area (Å²) in [6, 6.07) is 12.3. The van der Waals surface area contributed by atoms with Gasteiger partial charge in [-0.25, -0.2) is 4.79 Å². The molecule has 0 saturated carbocycles. The lowest BCUT2D eigenvalue weighted by Gasteiger charge is -2.34. The van der Waals surface area contributed by atoms with Gasteiger partial charge in [-0.1, -0.05) is 30.3 Å². The number of aromatic nitrogens is 1. The molecule has 0 bridgehead atoms. The number of rotatable bonds is 4. The molecule has 3 N–H and O–H groups in total. The number of carbonyl (C=O) groups excluding carboxylic acids is 1. The Morgan fingerprint density at radius 2 is 1.88 bits per heavy atom. The Bertz CT molecular complexity index is 1220. The highest BCUT2D eigenvalue weighted by Crippen LogP contribution is 2.36. The Hall–Kier alpha value is -3.72. The van der Waals surface area contributed by atoms with Crippen LogP contribution in [-0.2, 0) is 16.0 Å². The fourth-order valence-corrected chi connectivity index (χ4v) is 4.93. The van der Waals surface area contributed by atoms with Crippen molar-refractivity contribution in [1.82, 2.24) is 15.2 Å². The van der Waals surface area contributed by atoms with E-state index in [2.05, 4.69) is 10.3 Å². The highest BCUT2D eigenvalue weighted by atomic mass is 16.6. The van der Waals surface area contributed by atoms with Crippen LogP contribution in [0, 0.1) is 10.1 Å². The smallest absolute Gasteiger partial charge is 0.326 e. The number of para-hydroxylation sites is 1. The second kappa shape index (κ2) is 7.76. The molecule has 164 valence electrons. The molecule has 0 radical (unpaired) electrons. The number of nitro groups is 1. The molecule has 2 aliphatic rings. The monoisotopic (exact) mass is 434 g/mol. The van der Waals surface area contributed by atoms with Crippen LogP contribution in [0.3, 0.4) is 0 Å². The van der Waals surface area contributed by atoms with Crippen molar-refractivity contribution in [2.45, 2.75) is 37.4 Å².